The lowest BCUT2D eigenvalue weighted by molar-refractivity contribution is 1.34. The van der Waals surface area contributed by atoms with Crippen molar-refractivity contribution in [1.29, 1.82) is 0 Å². The van der Waals surface area contributed by atoms with Gasteiger partial charge in [-0.05, 0) is 37.1 Å². The maximum atomic E-state index is 3.46. The fourth-order valence-corrected chi connectivity index (χ4v) is 1.66. The van der Waals surface area contributed by atoms with E-state index >= 15 is 0 Å². The first-order valence-corrected chi connectivity index (χ1v) is 6.62. The van der Waals surface area contributed by atoms with Crippen molar-refractivity contribution >= 4 is 31.9 Å². The molecule has 0 saturated carbocycles. The van der Waals surface area contributed by atoms with E-state index in [-0.39, 0.29) is 0 Å². The highest BCUT2D eigenvalue weighted by Crippen LogP contribution is 2.24. The molecule has 0 fully saturated rings. The van der Waals surface area contributed by atoms with Crippen molar-refractivity contribution in [3.8, 4) is 0 Å². The molecule has 0 unspecified atom stereocenters. The Hall–Kier alpha value is 0.180. The van der Waals surface area contributed by atoms with Crippen molar-refractivity contribution in [3.63, 3.8) is 0 Å². The minimum atomic E-state index is 1.17. The van der Waals surface area contributed by atoms with Gasteiger partial charge >= 0.3 is 0 Å². The van der Waals surface area contributed by atoms with Crippen LogP contribution in [0.25, 0.3) is 0 Å². The second-order valence-corrected chi connectivity index (χ2v) is 4.06. The van der Waals surface area contributed by atoms with Gasteiger partial charge < -0.3 is 0 Å². The van der Waals surface area contributed by atoms with Crippen LogP contribution in [0, 0.1) is 13.8 Å². The molecule has 0 atom stereocenters. The molecule has 14 heavy (non-hydrogen) atoms. The Bertz CT molecular complexity index is 204. The zero-order valence-corrected chi connectivity index (χ0v) is 13.1. The molecule has 1 rings (SSSR count). The first kappa shape index (κ1) is 16.6. The second kappa shape index (κ2) is 9.72. The third kappa shape index (κ3) is 5.82. The lowest BCUT2D eigenvalue weighted by Gasteiger charge is -2.01. The molecular formula is C12H20Br2. The third-order valence-corrected chi connectivity index (χ3v) is 3.15. The van der Waals surface area contributed by atoms with Crippen LogP contribution in [0.1, 0.15) is 38.8 Å². The second-order valence-electron chi connectivity index (χ2n) is 2.35. The molecule has 82 valence electrons. The van der Waals surface area contributed by atoms with E-state index in [1.54, 1.807) is 0 Å². The van der Waals surface area contributed by atoms with Gasteiger partial charge in [0.1, 0.15) is 0 Å². The molecule has 2 heteroatoms. The monoisotopic (exact) mass is 322 g/mol. The van der Waals surface area contributed by atoms with Crippen LogP contribution in [0.2, 0.25) is 0 Å². The Morgan fingerprint density at radius 3 is 1.14 bits per heavy atom. The van der Waals surface area contributed by atoms with Crippen molar-refractivity contribution in [2.45, 2.75) is 41.5 Å². The lowest BCUT2D eigenvalue weighted by atomic mass is 10.2. The Morgan fingerprint density at radius 1 is 0.714 bits per heavy atom. The van der Waals surface area contributed by atoms with Gasteiger partial charge in [0.2, 0.25) is 0 Å². The summed E-state index contributed by atoms with van der Waals surface area (Å²) in [6.07, 6.45) is 0. The van der Waals surface area contributed by atoms with Crippen LogP contribution < -0.4 is 0 Å². The molecule has 0 radical (unpaired) electrons. The molecule has 0 N–H and O–H groups in total. The van der Waals surface area contributed by atoms with E-state index in [4.69, 9.17) is 0 Å². The fraction of sp³-hybridized carbons (Fsp3) is 0.500. The van der Waals surface area contributed by atoms with E-state index in [2.05, 4.69) is 57.8 Å². The molecule has 0 spiro atoms. The minimum Gasteiger partial charge on any atom is -0.0683 e. The topological polar surface area (TPSA) is 0 Å². The van der Waals surface area contributed by atoms with Gasteiger partial charge in [0.05, 0.1) is 0 Å². The summed E-state index contributed by atoms with van der Waals surface area (Å²) in [5.41, 5.74) is 2.52. The van der Waals surface area contributed by atoms with Gasteiger partial charge in [-0.2, -0.15) is 0 Å². The molecule has 0 bridgehead atoms. The molecule has 0 amide bonds. The standard InChI is InChI=1S/C8H8Br2.2C2H6/c1-5-3-8(10)6(2)4-7(5)9;2*1-2/h3-4H,1-2H3;2*1-2H3. The summed E-state index contributed by atoms with van der Waals surface area (Å²) in [4.78, 5) is 0. The summed E-state index contributed by atoms with van der Waals surface area (Å²) < 4.78 is 2.35. The average molecular weight is 324 g/mol. The van der Waals surface area contributed by atoms with Crippen molar-refractivity contribution in [2.75, 3.05) is 0 Å². The molecule has 0 aromatic heterocycles. The van der Waals surface area contributed by atoms with Gasteiger partial charge in [0.25, 0.3) is 0 Å². The summed E-state index contributed by atoms with van der Waals surface area (Å²) in [6.45, 7) is 12.2. The zero-order valence-electron chi connectivity index (χ0n) is 9.91. The van der Waals surface area contributed by atoms with E-state index in [9.17, 15) is 0 Å². The van der Waals surface area contributed by atoms with Crippen molar-refractivity contribution in [3.05, 3.63) is 32.2 Å². The van der Waals surface area contributed by atoms with E-state index in [1.165, 1.54) is 20.1 Å². The number of hydrogen-bond acceptors (Lipinski definition) is 0. The van der Waals surface area contributed by atoms with E-state index in [0.29, 0.717) is 0 Å². The van der Waals surface area contributed by atoms with Crippen LogP contribution in [0.5, 0.6) is 0 Å². The van der Waals surface area contributed by atoms with E-state index < -0.39 is 0 Å². The predicted octanol–water partition coefficient (Wildman–Crippen LogP) is 5.88. The smallest absolute Gasteiger partial charge is 0.0207 e. The average Bonchev–Trinajstić information content (AvgIpc) is 2.21. The number of hydrogen-bond donors (Lipinski definition) is 0. The summed E-state index contributed by atoms with van der Waals surface area (Å²) in [5, 5.41) is 0. The molecule has 1 aromatic rings. The quantitative estimate of drug-likeness (QED) is 0.559. The number of aryl methyl sites for hydroxylation is 2. The summed E-state index contributed by atoms with van der Waals surface area (Å²) in [6, 6.07) is 4.22. The number of benzene rings is 1. The summed E-state index contributed by atoms with van der Waals surface area (Å²) in [5.74, 6) is 0. The highest BCUT2D eigenvalue weighted by molar-refractivity contribution is 9.11. The van der Waals surface area contributed by atoms with Gasteiger partial charge in [-0.15, -0.1) is 0 Å². The Labute approximate surface area is 105 Å². The molecule has 0 saturated heterocycles. The molecular weight excluding hydrogens is 304 g/mol. The fourth-order valence-electron chi connectivity index (χ4n) is 0.746. The van der Waals surface area contributed by atoms with Crippen LogP contribution in [0.4, 0.5) is 0 Å². The van der Waals surface area contributed by atoms with Crippen molar-refractivity contribution in [2.24, 2.45) is 0 Å². The maximum Gasteiger partial charge on any atom is 0.0207 e. The van der Waals surface area contributed by atoms with Crippen LogP contribution in [-0.4, -0.2) is 0 Å². The molecule has 0 aliphatic heterocycles. The molecule has 0 heterocycles. The van der Waals surface area contributed by atoms with Gasteiger partial charge in [0, 0.05) is 8.95 Å². The molecule has 0 aliphatic rings. The summed E-state index contributed by atoms with van der Waals surface area (Å²) in [7, 11) is 0. The SMILES string of the molecule is CC.CC.Cc1cc(Br)c(C)cc1Br. The largest absolute Gasteiger partial charge is 0.0683 e. The summed E-state index contributed by atoms with van der Waals surface area (Å²) >= 11 is 6.92. The first-order chi connectivity index (χ1) is 6.61. The van der Waals surface area contributed by atoms with Crippen LogP contribution in [-0.2, 0) is 0 Å². The highest BCUT2D eigenvalue weighted by Gasteiger charge is 1.97. The molecule has 1 aromatic carbocycles. The van der Waals surface area contributed by atoms with Crippen molar-refractivity contribution in [1.82, 2.24) is 0 Å². The van der Waals surface area contributed by atoms with Crippen LogP contribution in [0.3, 0.4) is 0 Å². The van der Waals surface area contributed by atoms with Crippen LogP contribution in [0.15, 0.2) is 21.1 Å². The zero-order chi connectivity index (χ0) is 11.7. The Kier molecular flexibility index (Phi) is 11.5. The molecule has 0 aliphatic carbocycles. The number of rotatable bonds is 0. The van der Waals surface area contributed by atoms with Gasteiger partial charge in [-0.25, -0.2) is 0 Å². The first-order valence-electron chi connectivity index (χ1n) is 5.03. The molecule has 0 nitrogen and oxygen atoms in total. The third-order valence-electron chi connectivity index (χ3n) is 1.44. The van der Waals surface area contributed by atoms with Gasteiger partial charge in [-0.3, -0.25) is 0 Å². The van der Waals surface area contributed by atoms with Gasteiger partial charge in [0.15, 0.2) is 0 Å². The van der Waals surface area contributed by atoms with Gasteiger partial charge in [-0.1, -0.05) is 59.6 Å². The number of halogens is 2. The van der Waals surface area contributed by atoms with Crippen LogP contribution >= 0.6 is 31.9 Å². The Morgan fingerprint density at radius 2 is 0.929 bits per heavy atom. The van der Waals surface area contributed by atoms with E-state index in [0.717, 1.165) is 0 Å². The normalized spacial score (nSPS) is 8.00. The maximum absolute atomic E-state index is 3.46. The van der Waals surface area contributed by atoms with Crippen molar-refractivity contribution < 1.29 is 0 Å². The van der Waals surface area contributed by atoms with E-state index in [1.807, 2.05) is 27.7 Å². The highest BCUT2D eigenvalue weighted by atomic mass is 79.9. The Balaban J connectivity index is 0. The minimum absolute atomic E-state index is 1.17. The predicted molar refractivity (Wildman–Crippen MR) is 74.0 cm³/mol. The lowest BCUT2D eigenvalue weighted by Crippen LogP contribution is -1.79.